The second-order valence-corrected chi connectivity index (χ2v) is 5.58. The zero-order chi connectivity index (χ0) is 16.4. The summed E-state index contributed by atoms with van der Waals surface area (Å²) in [5.41, 5.74) is 1.86. The molecule has 116 valence electrons. The topological polar surface area (TPSA) is 63.2 Å². The number of carbonyl (C=O) groups excluding carboxylic acids is 3. The van der Waals surface area contributed by atoms with E-state index in [1.165, 1.54) is 0 Å². The first-order chi connectivity index (χ1) is 11.1. The second kappa shape index (κ2) is 6.16. The summed E-state index contributed by atoms with van der Waals surface area (Å²) in [5, 5.41) is 2.77. The summed E-state index contributed by atoms with van der Waals surface area (Å²) < 4.78 is 0. The highest BCUT2D eigenvalue weighted by Crippen LogP contribution is 2.31. The maximum absolute atomic E-state index is 12.8. The van der Waals surface area contributed by atoms with Crippen LogP contribution in [0.15, 0.2) is 42.5 Å². The van der Waals surface area contributed by atoms with Gasteiger partial charge in [0.25, 0.3) is 0 Å². The molecule has 0 saturated carbocycles. The van der Waals surface area contributed by atoms with Crippen molar-refractivity contribution in [1.29, 1.82) is 0 Å². The molecule has 3 rings (SSSR count). The van der Waals surface area contributed by atoms with Crippen LogP contribution in [-0.4, -0.2) is 17.5 Å². The van der Waals surface area contributed by atoms with Crippen molar-refractivity contribution in [3.05, 3.63) is 64.7 Å². The molecule has 1 aliphatic carbocycles. The Morgan fingerprint density at radius 3 is 2.26 bits per heavy atom. The number of amides is 1. The third-order valence-corrected chi connectivity index (χ3v) is 3.98. The summed E-state index contributed by atoms with van der Waals surface area (Å²) in [6.45, 7) is 2.01. The van der Waals surface area contributed by atoms with Gasteiger partial charge >= 0.3 is 0 Å². The number of ketones is 2. The number of hydrogen-bond donors (Lipinski definition) is 1. The first-order valence-corrected chi connectivity index (χ1v) is 7.74. The number of carbonyl (C=O) groups is 3. The molecule has 2 aromatic carbocycles. The highest BCUT2D eigenvalue weighted by molar-refractivity contribution is 6.30. The van der Waals surface area contributed by atoms with Crippen LogP contribution in [0.25, 0.3) is 0 Å². The lowest BCUT2D eigenvalue weighted by Crippen LogP contribution is -2.23. The van der Waals surface area contributed by atoms with Crippen LogP contribution in [0.1, 0.15) is 58.0 Å². The van der Waals surface area contributed by atoms with Crippen LogP contribution in [-0.2, 0) is 4.79 Å². The quantitative estimate of drug-likeness (QED) is 0.801. The maximum Gasteiger partial charge on any atom is 0.224 e. The van der Waals surface area contributed by atoms with Crippen LogP contribution in [0, 0.1) is 0 Å². The molecule has 4 nitrogen and oxygen atoms in total. The van der Waals surface area contributed by atoms with Gasteiger partial charge in [0.15, 0.2) is 11.6 Å². The van der Waals surface area contributed by atoms with Crippen LogP contribution in [0.4, 0.5) is 5.69 Å². The Kier molecular flexibility index (Phi) is 4.06. The summed E-state index contributed by atoms with van der Waals surface area (Å²) in [6, 6.07) is 11.8. The van der Waals surface area contributed by atoms with E-state index in [1.807, 2.05) is 6.92 Å². The molecule has 0 heterocycles. The highest BCUT2D eigenvalue weighted by atomic mass is 16.2. The normalized spacial score (nSPS) is 12.6. The molecule has 1 N–H and O–H groups in total. The van der Waals surface area contributed by atoms with Gasteiger partial charge in [-0.15, -0.1) is 0 Å². The molecule has 2 aromatic rings. The van der Waals surface area contributed by atoms with Crippen LogP contribution in [0.5, 0.6) is 0 Å². The zero-order valence-corrected chi connectivity index (χ0v) is 12.9. The molecule has 0 atom stereocenters. The van der Waals surface area contributed by atoms with E-state index in [2.05, 4.69) is 5.32 Å². The van der Waals surface area contributed by atoms with E-state index < -0.39 is 0 Å². The molecular weight excluding hydrogens is 290 g/mol. The standard InChI is InChI=1S/C19H17NO3/c1-2-3-11-16(21)20-15-10-6-9-14-17(15)19(23)13-8-5-4-7-12(13)18(14)22/h4-10H,2-3,11H2,1H3,(H,20,21). The Balaban J connectivity index is 2.02. The molecule has 1 amide bonds. The van der Waals surface area contributed by atoms with Gasteiger partial charge in [0.2, 0.25) is 5.91 Å². The van der Waals surface area contributed by atoms with Crippen molar-refractivity contribution in [3.63, 3.8) is 0 Å². The van der Waals surface area contributed by atoms with Crippen LogP contribution < -0.4 is 5.32 Å². The van der Waals surface area contributed by atoms with Crippen molar-refractivity contribution in [2.24, 2.45) is 0 Å². The Morgan fingerprint density at radius 2 is 1.57 bits per heavy atom. The van der Waals surface area contributed by atoms with Gasteiger partial charge in [-0.3, -0.25) is 14.4 Å². The molecule has 1 aliphatic rings. The van der Waals surface area contributed by atoms with E-state index in [-0.39, 0.29) is 17.5 Å². The third-order valence-electron chi connectivity index (χ3n) is 3.98. The molecule has 0 unspecified atom stereocenters. The van der Waals surface area contributed by atoms with Gasteiger partial charge in [-0.05, 0) is 12.5 Å². The minimum atomic E-state index is -0.221. The van der Waals surface area contributed by atoms with Gasteiger partial charge in [-0.1, -0.05) is 49.7 Å². The number of rotatable bonds is 4. The van der Waals surface area contributed by atoms with E-state index in [0.717, 1.165) is 12.8 Å². The van der Waals surface area contributed by atoms with Crippen molar-refractivity contribution < 1.29 is 14.4 Å². The Labute approximate surface area is 134 Å². The van der Waals surface area contributed by atoms with E-state index >= 15 is 0 Å². The first-order valence-electron chi connectivity index (χ1n) is 7.74. The number of hydrogen-bond acceptors (Lipinski definition) is 3. The molecule has 0 radical (unpaired) electrons. The highest BCUT2D eigenvalue weighted by Gasteiger charge is 2.31. The van der Waals surface area contributed by atoms with Crippen molar-refractivity contribution >= 4 is 23.2 Å². The molecule has 0 bridgehead atoms. The third kappa shape index (κ3) is 2.68. The van der Waals surface area contributed by atoms with Gasteiger partial charge in [0.1, 0.15) is 0 Å². The Hall–Kier alpha value is -2.75. The monoisotopic (exact) mass is 307 g/mol. The number of nitrogens with one attached hydrogen (secondary N) is 1. The van der Waals surface area contributed by atoms with Crippen LogP contribution in [0.2, 0.25) is 0 Å². The molecule has 4 heteroatoms. The smallest absolute Gasteiger partial charge is 0.224 e. The van der Waals surface area contributed by atoms with Gasteiger partial charge in [0.05, 0.1) is 11.3 Å². The van der Waals surface area contributed by atoms with E-state index in [4.69, 9.17) is 0 Å². The fourth-order valence-electron chi connectivity index (χ4n) is 2.80. The van der Waals surface area contributed by atoms with Gasteiger partial charge in [-0.25, -0.2) is 0 Å². The molecule has 0 aromatic heterocycles. The lowest BCUT2D eigenvalue weighted by Gasteiger charge is -2.20. The molecule has 23 heavy (non-hydrogen) atoms. The number of anilines is 1. The average Bonchev–Trinajstić information content (AvgIpc) is 2.57. The van der Waals surface area contributed by atoms with Gasteiger partial charge < -0.3 is 5.32 Å². The van der Waals surface area contributed by atoms with Crippen molar-refractivity contribution in [2.45, 2.75) is 26.2 Å². The number of benzene rings is 2. The number of fused-ring (bicyclic) bond motifs is 2. The predicted octanol–water partition coefficient (Wildman–Crippen LogP) is 3.59. The second-order valence-electron chi connectivity index (χ2n) is 5.58. The maximum atomic E-state index is 12.8. The van der Waals surface area contributed by atoms with E-state index in [1.54, 1.807) is 42.5 Å². The lowest BCUT2D eigenvalue weighted by molar-refractivity contribution is -0.116. The first kappa shape index (κ1) is 15.2. The van der Waals surface area contributed by atoms with Crippen molar-refractivity contribution in [2.75, 3.05) is 5.32 Å². The molecular formula is C19H17NO3. The van der Waals surface area contributed by atoms with Crippen molar-refractivity contribution in [1.82, 2.24) is 0 Å². The molecule has 0 spiro atoms. The Bertz CT molecular complexity index is 808. The summed E-state index contributed by atoms with van der Waals surface area (Å²) in [5.74, 6) is -0.541. The SMILES string of the molecule is CCCCC(=O)Nc1cccc2c1C(=O)c1ccccc1C2=O. The van der Waals surface area contributed by atoms with Crippen LogP contribution >= 0.6 is 0 Å². The minimum absolute atomic E-state index is 0.139. The van der Waals surface area contributed by atoms with E-state index in [9.17, 15) is 14.4 Å². The fourth-order valence-corrected chi connectivity index (χ4v) is 2.80. The Morgan fingerprint density at radius 1 is 0.913 bits per heavy atom. The van der Waals surface area contributed by atoms with E-state index in [0.29, 0.717) is 34.4 Å². The van der Waals surface area contributed by atoms with Crippen molar-refractivity contribution in [3.8, 4) is 0 Å². The summed E-state index contributed by atoms with van der Waals surface area (Å²) in [6.07, 6.45) is 2.11. The largest absolute Gasteiger partial charge is 0.325 e. The van der Waals surface area contributed by atoms with Crippen LogP contribution in [0.3, 0.4) is 0 Å². The average molecular weight is 307 g/mol. The minimum Gasteiger partial charge on any atom is -0.325 e. The predicted molar refractivity (Wildman–Crippen MR) is 87.9 cm³/mol. The summed E-state index contributed by atoms with van der Waals surface area (Å²) in [7, 11) is 0. The number of unbranched alkanes of at least 4 members (excludes halogenated alkanes) is 1. The zero-order valence-electron chi connectivity index (χ0n) is 12.9. The lowest BCUT2D eigenvalue weighted by atomic mass is 9.83. The molecule has 0 fully saturated rings. The summed E-state index contributed by atoms with van der Waals surface area (Å²) in [4.78, 5) is 37.3. The summed E-state index contributed by atoms with van der Waals surface area (Å²) >= 11 is 0. The fraction of sp³-hybridized carbons (Fsp3) is 0.211. The van der Waals surface area contributed by atoms with Gasteiger partial charge in [-0.2, -0.15) is 0 Å². The van der Waals surface area contributed by atoms with Gasteiger partial charge in [0, 0.05) is 23.1 Å². The molecule has 0 aliphatic heterocycles. The molecule has 0 saturated heterocycles.